The van der Waals surface area contributed by atoms with Crippen LogP contribution in [-0.2, 0) is 19.8 Å². The van der Waals surface area contributed by atoms with E-state index in [9.17, 15) is 19.5 Å². The molecule has 3 atom stereocenters. The Bertz CT molecular complexity index is 811. The van der Waals surface area contributed by atoms with Crippen LogP contribution in [0.1, 0.15) is 58.4 Å². The van der Waals surface area contributed by atoms with E-state index in [4.69, 9.17) is 9.84 Å². The van der Waals surface area contributed by atoms with Crippen LogP contribution in [0.15, 0.2) is 24.3 Å². The van der Waals surface area contributed by atoms with Gasteiger partial charge in [0.25, 0.3) is 0 Å². The maximum absolute atomic E-state index is 12.4. The molecule has 0 aromatic heterocycles. The van der Waals surface area contributed by atoms with Gasteiger partial charge in [-0.15, -0.1) is 0 Å². The molecule has 1 aliphatic heterocycles. The molecule has 1 aliphatic rings. The summed E-state index contributed by atoms with van der Waals surface area (Å²) in [6, 6.07) is 6.27. The van der Waals surface area contributed by atoms with Crippen LogP contribution in [0.5, 0.6) is 5.75 Å². The van der Waals surface area contributed by atoms with E-state index in [1.165, 1.54) is 0 Å². The molecule has 8 nitrogen and oxygen atoms in total. The molecule has 8 heteroatoms. The normalized spacial score (nSPS) is 21.4. The van der Waals surface area contributed by atoms with E-state index in [-0.39, 0.29) is 11.3 Å². The Balaban J connectivity index is 2.05. The van der Waals surface area contributed by atoms with E-state index in [2.05, 4.69) is 24.2 Å². The van der Waals surface area contributed by atoms with Crippen molar-refractivity contribution < 1.29 is 29.3 Å². The van der Waals surface area contributed by atoms with E-state index < -0.39 is 36.4 Å². The van der Waals surface area contributed by atoms with Crippen LogP contribution >= 0.6 is 0 Å². The fraction of sp³-hybridized carbons (Fsp3) is 0.625. The lowest BCUT2D eigenvalue weighted by Gasteiger charge is -2.35. The lowest BCUT2D eigenvalue weighted by molar-refractivity contribution is -0.147. The first-order chi connectivity index (χ1) is 15.1. The van der Waals surface area contributed by atoms with Crippen molar-refractivity contribution in [3.63, 3.8) is 0 Å². The van der Waals surface area contributed by atoms with E-state index in [1.54, 1.807) is 19.9 Å². The first kappa shape index (κ1) is 25.8. The lowest BCUT2D eigenvalue weighted by atomic mass is 9.74. The lowest BCUT2D eigenvalue weighted by Crippen LogP contribution is -2.46. The topological polar surface area (TPSA) is 116 Å². The van der Waals surface area contributed by atoms with Crippen molar-refractivity contribution in [3.8, 4) is 5.75 Å². The van der Waals surface area contributed by atoms with Gasteiger partial charge in [-0.25, -0.2) is 9.59 Å². The number of hydrogen-bond donors (Lipinski definition) is 3. The average Bonchev–Trinajstić information content (AvgIpc) is 2.93. The number of aliphatic hydroxyl groups excluding tert-OH is 1. The number of likely N-dealkylation sites (tertiary alicyclic amines) is 1. The molecule has 0 bridgehead atoms. The van der Waals surface area contributed by atoms with Gasteiger partial charge in [-0.3, -0.25) is 4.79 Å². The number of carboxylic acid groups (broad SMARTS) is 1. The van der Waals surface area contributed by atoms with Gasteiger partial charge in [-0.1, -0.05) is 39.3 Å². The number of aliphatic hydroxyl groups is 1. The van der Waals surface area contributed by atoms with Crippen LogP contribution in [0.4, 0.5) is 0 Å². The second-order valence-electron chi connectivity index (χ2n) is 9.13. The summed E-state index contributed by atoms with van der Waals surface area (Å²) in [5.41, 5.74) is 1.06. The summed E-state index contributed by atoms with van der Waals surface area (Å²) in [5.74, 6) is -2.86. The van der Waals surface area contributed by atoms with Crippen molar-refractivity contribution in [2.75, 3.05) is 20.1 Å². The second kappa shape index (κ2) is 11.4. The third-order valence-electron chi connectivity index (χ3n) is 6.26. The molecule has 1 fully saturated rings. The van der Waals surface area contributed by atoms with Gasteiger partial charge in [-0.2, -0.15) is 0 Å². The molecule has 0 spiro atoms. The van der Waals surface area contributed by atoms with Gasteiger partial charge < -0.3 is 25.2 Å². The van der Waals surface area contributed by atoms with Crippen LogP contribution in [0, 0.1) is 5.92 Å². The fourth-order valence-electron chi connectivity index (χ4n) is 4.33. The molecule has 32 heavy (non-hydrogen) atoms. The van der Waals surface area contributed by atoms with Crippen LogP contribution < -0.4 is 10.1 Å². The number of nitrogens with zero attached hydrogens (tertiary/aromatic N) is 1. The second-order valence-corrected chi connectivity index (χ2v) is 9.13. The Hall–Kier alpha value is -2.45. The molecule has 1 aromatic carbocycles. The van der Waals surface area contributed by atoms with E-state index in [0.29, 0.717) is 5.75 Å². The van der Waals surface area contributed by atoms with Crippen LogP contribution in [0.2, 0.25) is 0 Å². The number of carbonyl (C=O) groups is 3. The van der Waals surface area contributed by atoms with Gasteiger partial charge in [0.1, 0.15) is 11.8 Å². The third-order valence-corrected chi connectivity index (χ3v) is 6.26. The first-order valence-electron chi connectivity index (χ1n) is 11.3. The van der Waals surface area contributed by atoms with Crippen molar-refractivity contribution in [1.82, 2.24) is 10.2 Å². The maximum Gasteiger partial charge on any atom is 0.340 e. The minimum absolute atomic E-state index is 0.0329. The monoisotopic (exact) mass is 448 g/mol. The number of carboxylic acids is 1. The summed E-state index contributed by atoms with van der Waals surface area (Å²) in [4.78, 5) is 38.0. The van der Waals surface area contributed by atoms with Gasteiger partial charge in [-0.05, 0) is 56.5 Å². The molecule has 3 N–H and O–H groups in total. The van der Waals surface area contributed by atoms with Gasteiger partial charge in [0.15, 0.2) is 6.10 Å². The van der Waals surface area contributed by atoms with Crippen molar-refractivity contribution in [3.05, 3.63) is 29.8 Å². The molecular weight excluding hydrogens is 412 g/mol. The minimum atomic E-state index is -1.69. The zero-order valence-electron chi connectivity index (χ0n) is 19.5. The zero-order chi connectivity index (χ0) is 23.9. The molecule has 1 saturated heterocycles. The molecule has 2 rings (SSSR count). The summed E-state index contributed by atoms with van der Waals surface area (Å²) in [5, 5.41) is 21.6. The molecule has 0 aliphatic carbocycles. The first-order valence-corrected chi connectivity index (χ1v) is 11.3. The number of rotatable bonds is 9. The number of ether oxygens (including phenoxy) is 1. The summed E-state index contributed by atoms with van der Waals surface area (Å²) < 4.78 is 5.36. The Morgan fingerprint density at radius 1 is 1.25 bits per heavy atom. The maximum atomic E-state index is 12.4. The molecule has 2 unspecified atom stereocenters. The predicted octanol–water partition coefficient (Wildman–Crippen LogP) is 2.33. The minimum Gasteiger partial charge on any atom is -0.480 e. The van der Waals surface area contributed by atoms with E-state index in [1.807, 2.05) is 18.2 Å². The highest BCUT2D eigenvalue weighted by atomic mass is 16.5. The van der Waals surface area contributed by atoms with Crippen LogP contribution in [0.25, 0.3) is 0 Å². The molecule has 1 aromatic rings. The highest BCUT2D eigenvalue weighted by Gasteiger charge is 2.33. The summed E-state index contributed by atoms with van der Waals surface area (Å²) in [6.45, 7) is 7.47. The summed E-state index contributed by atoms with van der Waals surface area (Å²) in [7, 11) is 2.12. The van der Waals surface area contributed by atoms with Crippen molar-refractivity contribution in [1.29, 1.82) is 0 Å². The van der Waals surface area contributed by atoms with Gasteiger partial charge in [0.2, 0.25) is 5.91 Å². The predicted molar refractivity (Wildman–Crippen MR) is 120 cm³/mol. The standard InChI is InChI=1S/C24H36N2O6/c1-5-24(11-6-7-12-26(4)15-24)17-9-8-10-18(13-17)32-23(31)19(27)14-20(28)25-21(16(2)3)22(29)30/h8-10,13,16,19,21,27H,5-7,11-12,14-15H2,1-4H3,(H,25,28)(H,29,30)/t19-,21?,24?/m0/s1. The van der Waals surface area contributed by atoms with Crippen molar-refractivity contribution >= 4 is 17.8 Å². The highest BCUT2D eigenvalue weighted by molar-refractivity contribution is 5.88. The highest BCUT2D eigenvalue weighted by Crippen LogP contribution is 2.37. The van der Waals surface area contributed by atoms with Gasteiger partial charge in [0.05, 0.1) is 6.42 Å². The van der Waals surface area contributed by atoms with Crippen LogP contribution in [0.3, 0.4) is 0 Å². The molecular formula is C24H36N2O6. The summed E-state index contributed by atoms with van der Waals surface area (Å²) in [6.07, 6.45) is 2.03. The van der Waals surface area contributed by atoms with Gasteiger partial charge in [0, 0.05) is 12.0 Å². The quantitative estimate of drug-likeness (QED) is 0.392. The largest absolute Gasteiger partial charge is 0.480 e. The Kier molecular flexibility index (Phi) is 9.21. The molecule has 0 saturated carbocycles. The van der Waals surface area contributed by atoms with Crippen molar-refractivity contribution in [2.45, 2.75) is 70.4 Å². The molecule has 0 radical (unpaired) electrons. The summed E-state index contributed by atoms with van der Waals surface area (Å²) >= 11 is 0. The molecule has 1 amide bonds. The Morgan fingerprint density at radius 3 is 2.59 bits per heavy atom. The fourth-order valence-corrected chi connectivity index (χ4v) is 4.33. The number of likely N-dealkylation sites (N-methyl/N-ethyl adjacent to an activating group) is 1. The van der Waals surface area contributed by atoms with Crippen LogP contribution in [-0.4, -0.2) is 65.2 Å². The number of nitrogens with one attached hydrogen (secondary N) is 1. The Labute approximate surface area is 189 Å². The number of esters is 1. The average molecular weight is 449 g/mol. The number of hydrogen-bond acceptors (Lipinski definition) is 6. The molecule has 178 valence electrons. The zero-order valence-corrected chi connectivity index (χ0v) is 19.5. The van der Waals surface area contributed by atoms with E-state index in [0.717, 1.165) is 44.3 Å². The number of carbonyl (C=O) groups excluding carboxylic acids is 2. The molecule has 1 heterocycles. The van der Waals surface area contributed by atoms with Crippen molar-refractivity contribution in [2.24, 2.45) is 5.92 Å². The third kappa shape index (κ3) is 6.77. The Morgan fingerprint density at radius 2 is 1.97 bits per heavy atom. The van der Waals surface area contributed by atoms with Gasteiger partial charge >= 0.3 is 11.9 Å². The SMILES string of the molecule is CCC1(c2cccc(OC(=O)[C@@H](O)CC(=O)NC(C(=O)O)C(C)C)c2)CCCCN(C)C1. The van der Waals surface area contributed by atoms with E-state index >= 15 is 0 Å². The number of aliphatic carboxylic acids is 1. The number of amides is 1. The number of benzene rings is 1. The smallest absolute Gasteiger partial charge is 0.340 e.